The molecule has 7 nitrogen and oxygen atoms in total. The number of nitrogens with one attached hydrogen (secondary N) is 2. The molecule has 0 bridgehead atoms. The second-order valence-corrected chi connectivity index (χ2v) is 7.03. The second kappa shape index (κ2) is 11.3. The number of aliphatic imine (C=N–C) groups is 1. The third kappa shape index (κ3) is 8.05. The summed E-state index contributed by atoms with van der Waals surface area (Å²) >= 11 is 0. The number of hydrogen-bond acceptors (Lipinski definition) is 4. The Morgan fingerprint density at radius 1 is 1.08 bits per heavy atom. The maximum Gasteiger partial charge on any atom is 0.243 e. The molecule has 0 aromatic carbocycles. The molecule has 2 saturated heterocycles. The van der Waals surface area contributed by atoms with Crippen LogP contribution in [0.5, 0.6) is 0 Å². The second-order valence-electron chi connectivity index (χ2n) is 7.03. The minimum absolute atomic E-state index is 0.00572. The van der Waals surface area contributed by atoms with Crippen molar-refractivity contribution in [3.63, 3.8) is 0 Å². The Morgan fingerprint density at radius 3 is 2.52 bits per heavy atom. The molecule has 2 aliphatic heterocycles. The van der Waals surface area contributed by atoms with Crippen LogP contribution in [0.1, 0.15) is 44.9 Å². The van der Waals surface area contributed by atoms with Crippen LogP contribution in [0, 0.1) is 0 Å². The van der Waals surface area contributed by atoms with E-state index in [-0.39, 0.29) is 18.6 Å². The maximum absolute atomic E-state index is 11.8. The first-order valence-corrected chi connectivity index (χ1v) is 9.60. The van der Waals surface area contributed by atoms with Crippen molar-refractivity contribution in [2.75, 3.05) is 46.9 Å². The lowest BCUT2D eigenvalue weighted by Gasteiger charge is -2.22. The van der Waals surface area contributed by atoms with E-state index in [0.717, 1.165) is 52.0 Å². The van der Waals surface area contributed by atoms with Gasteiger partial charge >= 0.3 is 0 Å². The molecule has 0 aromatic rings. The molecule has 0 aliphatic carbocycles. The van der Waals surface area contributed by atoms with E-state index in [2.05, 4.69) is 15.6 Å². The summed E-state index contributed by atoms with van der Waals surface area (Å²) in [6.45, 7) is 3.45. The predicted octanol–water partition coefficient (Wildman–Crippen LogP) is 1.14. The third-order valence-electron chi connectivity index (χ3n) is 4.66. The van der Waals surface area contributed by atoms with E-state index < -0.39 is 0 Å². The lowest BCUT2D eigenvalue weighted by Crippen LogP contribution is -2.42. The van der Waals surface area contributed by atoms with Gasteiger partial charge in [-0.05, 0) is 44.9 Å². The molecule has 1 amide bonds. The van der Waals surface area contributed by atoms with E-state index in [1.165, 1.54) is 19.3 Å². The SMILES string of the molecule is CN(C)C(=O)CN=C(NCCCC1CCCCO1)NCC1CCCO1. The number of rotatable bonds is 8. The van der Waals surface area contributed by atoms with Crippen molar-refractivity contribution in [2.45, 2.75) is 57.2 Å². The van der Waals surface area contributed by atoms with Crippen molar-refractivity contribution in [2.24, 2.45) is 4.99 Å². The number of hydrogen-bond donors (Lipinski definition) is 2. The van der Waals surface area contributed by atoms with Crippen LogP contribution in [-0.2, 0) is 14.3 Å². The average Bonchev–Trinajstić information content (AvgIpc) is 3.14. The van der Waals surface area contributed by atoms with Crippen LogP contribution >= 0.6 is 0 Å². The standard InChI is InChI=1S/C18H34N4O3/c1-22(2)17(23)14-21-18(20-13-16-9-6-12-25-16)19-10-5-8-15-7-3-4-11-24-15/h15-16H,3-14H2,1-2H3,(H2,19,20,21). The zero-order valence-corrected chi connectivity index (χ0v) is 15.8. The molecule has 7 heteroatoms. The molecule has 2 rings (SSSR count). The molecule has 2 N–H and O–H groups in total. The quantitative estimate of drug-likeness (QED) is 0.388. The lowest BCUT2D eigenvalue weighted by atomic mass is 10.0. The van der Waals surface area contributed by atoms with Crippen LogP contribution in [0.15, 0.2) is 4.99 Å². The van der Waals surface area contributed by atoms with Crippen molar-refractivity contribution in [3.8, 4) is 0 Å². The molecule has 0 radical (unpaired) electrons. The van der Waals surface area contributed by atoms with Crippen LogP contribution in [-0.4, -0.2) is 75.9 Å². The number of carbonyl (C=O) groups is 1. The fourth-order valence-corrected chi connectivity index (χ4v) is 3.05. The average molecular weight is 354 g/mol. The largest absolute Gasteiger partial charge is 0.378 e. The van der Waals surface area contributed by atoms with E-state index in [0.29, 0.717) is 12.1 Å². The lowest BCUT2D eigenvalue weighted by molar-refractivity contribution is -0.127. The molecule has 0 saturated carbocycles. The minimum Gasteiger partial charge on any atom is -0.378 e. The van der Waals surface area contributed by atoms with Gasteiger partial charge in [0, 0.05) is 40.4 Å². The van der Waals surface area contributed by atoms with Crippen molar-refractivity contribution in [1.29, 1.82) is 0 Å². The number of likely N-dealkylation sites (N-methyl/N-ethyl adjacent to an activating group) is 1. The zero-order valence-electron chi connectivity index (χ0n) is 15.8. The Kier molecular flexibility index (Phi) is 9.04. The summed E-state index contributed by atoms with van der Waals surface area (Å²) < 4.78 is 11.4. The topological polar surface area (TPSA) is 75.2 Å². The fraction of sp³-hybridized carbons (Fsp3) is 0.889. The van der Waals surface area contributed by atoms with Gasteiger partial charge in [-0.15, -0.1) is 0 Å². The molecule has 0 spiro atoms. The van der Waals surface area contributed by atoms with Gasteiger partial charge < -0.3 is 25.0 Å². The summed E-state index contributed by atoms with van der Waals surface area (Å²) in [7, 11) is 3.49. The number of amides is 1. The zero-order chi connectivity index (χ0) is 17.9. The van der Waals surface area contributed by atoms with E-state index in [4.69, 9.17) is 9.47 Å². The first-order chi connectivity index (χ1) is 12.1. The van der Waals surface area contributed by atoms with Gasteiger partial charge in [0.25, 0.3) is 0 Å². The van der Waals surface area contributed by atoms with Crippen molar-refractivity contribution in [1.82, 2.24) is 15.5 Å². The Morgan fingerprint density at radius 2 is 1.84 bits per heavy atom. The van der Waals surface area contributed by atoms with E-state index >= 15 is 0 Å². The summed E-state index contributed by atoms with van der Waals surface area (Å²) in [5, 5.41) is 6.64. The summed E-state index contributed by atoms with van der Waals surface area (Å²) in [5.74, 6) is 0.684. The highest BCUT2D eigenvalue weighted by Gasteiger charge is 2.16. The van der Waals surface area contributed by atoms with E-state index in [9.17, 15) is 4.79 Å². The smallest absolute Gasteiger partial charge is 0.243 e. The van der Waals surface area contributed by atoms with Crippen molar-refractivity contribution < 1.29 is 14.3 Å². The predicted molar refractivity (Wildman–Crippen MR) is 98.8 cm³/mol. The molecular formula is C18H34N4O3. The first-order valence-electron chi connectivity index (χ1n) is 9.60. The number of ether oxygens (including phenoxy) is 2. The highest BCUT2D eigenvalue weighted by Crippen LogP contribution is 2.16. The molecular weight excluding hydrogens is 320 g/mol. The summed E-state index contributed by atoms with van der Waals surface area (Å²) in [6.07, 6.45) is 8.60. The Hall–Kier alpha value is -1.34. The number of nitrogens with zero attached hydrogens (tertiary/aromatic N) is 2. The van der Waals surface area contributed by atoms with Crippen LogP contribution in [0.2, 0.25) is 0 Å². The van der Waals surface area contributed by atoms with Gasteiger partial charge in [0.2, 0.25) is 5.91 Å². The summed E-state index contributed by atoms with van der Waals surface area (Å²) in [6, 6.07) is 0. The molecule has 2 heterocycles. The van der Waals surface area contributed by atoms with Gasteiger partial charge in [-0.25, -0.2) is 4.99 Å². The molecule has 144 valence electrons. The van der Waals surface area contributed by atoms with Crippen LogP contribution in [0.4, 0.5) is 0 Å². The van der Waals surface area contributed by atoms with Gasteiger partial charge in [-0.3, -0.25) is 4.79 Å². The first kappa shape index (κ1) is 20.0. The maximum atomic E-state index is 11.8. The fourth-order valence-electron chi connectivity index (χ4n) is 3.05. The van der Waals surface area contributed by atoms with Crippen molar-refractivity contribution in [3.05, 3.63) is 0 Å². The number of guanidine groups is 1. The highest BCUT2D eigenvalue weighted by atomic mass is 16.5. The van der Waals surface area contributed by atoms with Crippen LogP contribution in [0.25, 0.3) is 0 Å². The monoisotopic (exact) mass is 354 g/mol. The normalized spacial score (nSPS) is 24.2. The number of carbonyl (C=O) groups excluding carboxylic acids is 1. The molecule has 0 aromatic heterocycles. The Labute approximate surface area is 151 Å². The van der Waals surface area contributed by atoms with Crippen LogP contribution < -0.4 is 10.6 Å². The van der Waals surface area contributed by atoms with E-state index in [1.807, 2.05) is 0 Å². The Balaban J connectivity index is 1.71. The molecule has 2 aliphatic rings. The van der Waals surface area contributed by atoms with Gasteiger partial charge in [0.1, 0.15) is 6.54 Å². The molecule has 25 heavy (non-hydrogen) atoms. The summed E-state index contributed by atoms with van der Waals surface area (Å²) in [4.78, 5) is 17.7. The van der Waals surface area contributed by atoms with Gasteiger partial charge in [-0.1, -0.05) is 0 Å². The molecule has 2 atom stereocenters. The van der Waals surface area contributed by atoms with Crippen molar-refractivity contribution >= 4 is 11.9 Å². The van der Waals surface area contributed by atoms with Gasteiger partial charge in [0.05, 0.1) is 12.2 Å². The summed E-state index contributed by atoms with van der Waals surface area (Å²) in [5.41, 5.74) is 0. The molecule has 2 fully saturated rings. The van der Waals surface area contributed by atoms with Gasteiger partial charge in [-0.2, -0.15) is 0 Å². The van der Waals surface area contributed by atoms with Gasteiger partial charge in [0.15, 0.2) is 5.96 Å². The minimum atomic E-state index is -0.00572. The van der Waals surface area contributed by atoms with Crippen LogP contribution in [0.3, 0.4) is 0 Å². The third-order valence-corrected chi connectivity index (χ3v) is 4.66. The highest BCUT2D eigenvalue weighted by molar-refractivity contribution is 5.84. The molecule has 2 unspecified atom stereocenters. The Bertz CT molecular complexity index is 417. The van der Waals surface area contributed by atoms with E-state index in [1.54, 1.807) is 19.0 Å².